The molecule has 2 N–H and O–H groups in total. The van der Waals surface area contributed by atoms with E-state index in [9.17, 15) is 31.5 Å². The minimum atomic E-state index is -4.51. The third-order valence-corrected chi connectivity index (χ3v) is 7.45. The molecule has 1 heterocycles. The number of carboxylic acids is 1. The van der Waals surface area contributed by atoms with Crippen molar-refractivity contribution in [2.45, 2.75) is 68.8 Å². The van der Waals surface area contributed by atoms with Crippen LogP contribution < -0.4 is 10.1 Å². The molecule has 0 unspecified atom stereocenters. The van der Waals surface area contributed by atoms with Crippen LogP contribution in [0.2, 0.25) is 0 Å². The first-order valence-corrected chi connectivity index (χ1v) is 12.4. The SMILES string of the molecule is C[C@H](NC(=O)C1(N2CC[C@@H](Oc3cccc(C(F)(F)F)c3)C2)CCC(F)(F)CC1)c1ccc(C(=O)O)cc1.Cl. The first kappa shape index (κ1) is 30.6. The fraction of sp³-hybridized carbons (Fsp3) is 0.481. The van der Waals surface area contributed by atoms with E-state index in [1.165, 1.54) is 24.3 Å². The van der Waals surface area contributed by atoms with Crippen LogP contribution >= 0.6 is 12.4 Å². The average molecular weight is 577 g/mol. The lowest BCUT2D eigenvalue weighted by Crippen LogP contribution is -2.61. The number of carboxylic acid groups (broad SMARTS) is 1. The maximum absolute atomic E-state index is 14.1. The summed E-state index contributed by atoms with van der Waals surface area (Å²) in [5, 5.41) is 12.0. The zero-order valence-electron chi connectivity index (χ0n) is 21.1. The molecular weight excluding hydrogens is 547 g/mol. The Labute approximate surface area is 228 Å². The number of ether oxygens (including phenoxy) is 1. The summed E-state index contributed by atoms with van der Waals surface area (Å²) in [6.45, 7) is 2.30. The number of hydrogen-bond donors (Lipinski definition) is 2. The van der Waals surface area contributed by atoms with Gasteiger partial charge in [-0.2, -0.15) is 13.2 Å². The normalized spacial score (nSPS) is 21.4. The van der Waals surface area contributed by atoms with Crippen molar-refractivity contribution in [2.75, 3.05) is 13.1 Å². The molecule has 1 saturated carbocycles. The van der Waals surface area contributed by atoms with Crippen LogP contribution in [0.5, 0.6) is 5.75 Å². The van der Waals surface area contributed by atoms with Crippen molar-refractivity contribution in [1.82, 2.24) is 10.2 Å². The highest BCUT2D eigenvalue weighted by Crippen LogP contribution is 2.43. The van der Waals surface area contributed by atoms with Crippen molar-refractivity contribution in [1.29, 1.82) is 0 Å². The number of hydrogen-bond acceptors (Lipinski definition) is 4. The zero-order valence-corrected chi connectivity index (χ0v) is 22.0. The average Bonchev–Trinajstić information content (AvgIpc) is 3.32. The Hall–Kier alpha value is -2.92. The van der Waals surface area contributed by atoms with Gasteiger partial charge in [-0.1, -0.05) is 18.2 Å². The van der Waals surface area contributed by atoms with E-state index in [2.05, 4.69) is 5.32 Å². The Morgan fingerprint density at radius 1 is 1.08 bits per heavy atom. The number of carbonyl (C=O) groups excluding carboxylic acids is 1. The summed E-state index contributed by atoms with van der Waals surface area (Å²) in [5.41, 5.74) is -1.29. The number of halogens is 6. The number of alkyl halides is 5. The molecule has 39 heavy (non-hydrogen) atoms. The van der Waals surface area contributed by atoms with Gasteiger partial charge in [-0.3, -0.25) is 9.69 Å². The highest BCUT2D eigenvalue weighted by Gasteiger charge is 2.53. The second-order valence-corrected chi connectivity index (χ2v) is 10.0. The maximum atomic E-state index is 14.1. The molecule has 2 aromatic rings. The van der Waals surface area contributed by atoms with Gasteiger partial charge >= 0.3 is 12.1 Å². The van der Waals surface area contributed by atoms with E-state index < -0.39 is 60.1 Å². The molecule has 0 spiro atoms. The van der Waals surface area contributed by atoms with Crippen molar-refractivity contribution in [3.8, 4) is 5.75 Å². The van der Waals surface area contributed by atoms with Gasteiger partial charge in [0.25, 0.3) is 0 Å². The van der Waals surface area contributed by atoms with E-state index in [4.69, 9.17) is 9.84 Å². The summed E-state index contributed by atoms with van der Waals surface area (Å²) in [6.07, 6.45) is -5.67. The van der Waals surface area contributed by atoms with Gasteiger partial charge in [0.1, 0.15) is 17.4 Å². The Morgan fingerprint density at radius 3 is 2.31 bits per heavy atom. The van der Waals surface area contributed by atoms with Crippen molar-refractivity contribution >= 4 is 24.3 Å². The molecule has 1 aliphatic heterocycles. The Morgan fingerprint density at radius 2 is 1.72 bits per heavy atom. The fourth-order valence-corrected chi connectivity index (χ4v) is 5.20. The first-order valence-electron chi connectivity index (χ1n) is 12.4. The van der Waals surface area contributed by atoms with Crippen molar-refractivity contribution < 1.29 is 41.4 Å². The largest absolute Gasteiger partial charge is 0.489 e. The molecular formula is C27H30ClF5N2O4. The minimum absolute atomic E-state index is 0. The van der Waals surface area contributed by atoms with Crippen LogP contribution in [0.15, 0.2) is 48.5 Å². The van der Waals surface area contributed by atoms with Gasteiger partial charge in [0.2, 0.25) is 11.8 Å². The molecule has 1 amide bonds. The van der Waals surface area contributed by atoms with E-state index in [1.54, 1.807) is 19.1 Å². The van der Waals surface area contributed by atoms with Crippen LogP contribution in [0.1, 0.15) is 66.6 Å². The lowest BCUT2D eigenvalue weighted by Gasteiger charge is -2.45. The van der Waals surface area contributed by atoms with Crippen molar-refractivity contribution in [3.63, 3.8) is 0 Å². The number of aromatic carboxylic acids is 1. The van der Waals surface area contributed by atoms with E-state index in [1.807, 2.05) is 4.90 Å². The molecule has 1 saturated heterocycles. The van der Waals surface area contributed by atoms with E-state index in [0.29, 0.717) is 18.5 Å². The number of nitrogens with one attached hydrogen (secondary N) is 1. The Kier molecular flexibility index (Phi) is 9.16. The number of amides is 1. The highest BCUT2D eigenvalue weighted by molar-refractivity contribution is 5.88. The quantitative estimate of drug-likeness (QED) is 0.389. The Bertz CT molecular complexity index is 1170. The molecule has 214 valence electrons. The van der Waals surface area contributed by atoms with Gasteiger partial charge in [0.15, 0.2) is 0 Å². The number of nitrogens with zero attached hydrogens (tertiary/aromatic N) is 1. The third-order valence-electron chi connectivity index (χ3n) is 7.45. The van der Waals surface area contributed by atoms with Gasteiger partial charge in [0, 0.05) is 25.9 Å². The zero-order chi connectivity index (χ0) is 27.7. The summed E-state index contributed by atoms with van der Waals surface area (Å²) in [6, 6.07) is 10.1. The summed E-state index contributed by atoms with van der Waals surface area (Å²) >= 11 is 0. The minimum Gasteiger partial charge on any atom is -0.489 e. The van der Waals surface area contributed by atoms with Gasteiger partial charge in [0.05, 0.1) is 17.2 Å². The summed E-state index contributed by atoms with van der Waals surface area (Å²) in [4.78, 5) is 26.6. The molecule has 0 radical (unpaired) electrons. The van der Waals surface area contributed by atoms with Gasteiger partial charge in [-0.15, -0.1) is 12.4 Å². The molecule has 2 atom stereocenters. The highest BCUT2D eigenvalue weighted by atomic mass is 35.5. The summed E-state index contributed by atoms with van der Waals surface area (Å²) in [7, 11) is 0. The Balaban J connectivity index is 0.00000420. The predicted molar refractivity (Wildman–Crippen MR) is 135 cm³/mol. The van der Waals surface area contributed by atoms with Crippen LogP contribution in [0, 0.1) is 0 Å². The standard InChI is InChI=1S/C27H29F5N2O4.ClH/c1-17(18-5-7-19(8-6-18)23(35)36)33-24(37)25(10-12-26(28,29)13-11-25)34-14-9-22(16-34)38-21-4-2-3-20(15-21)27(30,31)32;/h2-8,15,17,22H,9-14,16H2,1H3,(H,33,37)(H,35,36);1H/t17-,22+;/m0./s1. The number of benzene rings is 2. The molecule has 2 fully saturated rings. The van der Waals surface area contributed by atoms with E-state index in [0.717, 1.165) is 12.1 Å². The van der Waals surface area contributed by atoms with Crippen molar-refractivity contribution in [2.24, 2.45) is 0 Å². The number of likely N-dealkylation sites (tertiary alicyclic amines) is 1. The molecule has 2 aromatic carbocycles. The van der Waals surface area contributed by atoms with E-state index in [-0.39, 0.29) is 43.1 Å². The second-order valence-electron chi connectivity index (χ2n) is 10.0. The predicted octanol–water partition coefficient (Wildman–Crippen LogP) is 6.10. The number of carbonyl (C=O) groups is 2. The second kappa shape index (κ2) is 11.7. The molecule has 6 nitrogen and oxygen atoms in total. The lowest BCUT2D eigenvalue weighted by atomic mass is 9.77. The van der Waals surface area contributed by atoms with Gasteiger partial charge in [-0.05, 0) is 62.1 Å². The van der Waals surface area contributed by atoms with Crippen LogP contribution in [0.25, 0.3) is 0 Å². The van der Waals surface area contributed by atoms with Crippen LogP contribution in [0.4, 0.5) is 22.0 Å². The monoisotopic (exact) mass is 576 g/mol. The van der Waals surface area contributed by atoms with Crippen LogP contribution in [-0.4, -0.2) is 52.5 Å². The number of rotatable bonds is 7. The molecule has 12 heteroatoms. The smallest absolute Gasteiger partial charge is 0.416 e. The van der Waals surface area contributed by atoms with Gasteiger partial charge in [-0.25, -0.2) is 13.6 Å². The fourth-order valence-electron chi connectivity index (χ4n) is 5.20. The maximum Gasteiger partial charge on any atom is 0.416 e. The van der Waals surface area contributed by atoms with E-state index >= 15 is 0 Å². The first-order chi connectivity index (χ1) is 17.8. The topological polar surface area (TPSA) is 78.9 Å². The molecule has 1 aliphatic carbocycles. The molecule has 0 bridgehead atoms. The van der Waals surface area contributed by atoms with Gasteiger partial charge < -0.3 is 15.2 Å². The van der Waals surface area contributed by atoms with Crippen molar-refractivity contribution in [3.05, 3.63) is 65.2 Å². The summed E-state index contributed by atoms with van der Waals surface area (Å²) < 4.78 is 73.3. The lowest BCUT2D eigenvalue weighted by molar-refractivity contribution is -0.143. The summed E-state index contributed by atoms with van der Waals surface area (Å²) in [5.74, 6) is -4.32. The molecule has 0 aromatic heterocycles. The van der Waals surface area contributed by atoms with Crippen LogP contribution in [0.3, 0.4) is 0 Å². The molecule has 2 aliphatic rings. The van der Waals surface area contributed by atoms with Crippen LogP contribution in [-0.2, 0) is 11.0 Å². The third kappa shape index (κ3) is 7.00. The molecule has 4 rings (SSSR count).